The van der Waals surface area contributed by atoms with Gasteiger partial charge >= 0.3 is 0 Å². The lowest BCUT2D eigenvalue weighted by molar-refractivity contribution is 0.0940. The molecule has 5 nitrogen and oxygen atoms in total. The molecule has 1 amide bonds. The van der Waals surface area contributed by atoms with Crippen LogP contribution in [0.1, 0.15) is 28.9 Å². The zero-order chi connectivity index (χ0) is 13.1. The average molecular weight is 265 g/mol. The molecule has 0 spiro atoms. The fourth-order valence-corrected chi connectivity index (χ4v) is 1.85. The third-order valence-electron chi connectivity index (χ3n) is 2.55. The summed E-state index contributed by atoms with van der Waals surface area (Å²) in [5.74, 6) is -0.224. The first kappa shape index (κ1) is 12.4. The number of nitrogens with one attached hydrogen (secondary N) is 2. The highest BCUT2D eigenvalue weighted by Crippen LogP contribution is 2.17. The maximum Gasteiger partial charge on any atom is 0.251 e. The predicted molar refractivity (Wildman–Crippen MR) is 70.3 cm³/mol. The number of amides is 1. The van der Waals surface area contributed by atoms with Crippen molar-refractivity contribution in [2.45, 2.75) is 13.0 Å². The Bertz CT molecular complexity index is 533. The van der Waals surface area contributed by atoms with E-state index in [-0.39, 0.29) is 11.9 Å². The zero-order valence-corrected chi connectivity index (χ0v) is 10.5. The molecule has 0 radical (unpaired) electrons. The number of nitrogens with two attached hydrogens (primary N) is 1. The van der Waals surface area contributed by atoms with Crippen molar-refractivity contribution in [2.75, 3.05) is 5.73 Å². The summed E-state index contributed by atoms with van der Waals surface area (Å²) in [5, 5.41) is 9.81. The van der Waals surface area contributed by atoms with Crippen molar-refractivity contribution in [3.63, 3.8) is 0 Å². The molecule has 1 atom stereocenters. The minimum Gasteiger partial charge on any atom is -0.399 e. The third-order valence-corrected chi connectivity index (χ3v) is 2.77. The second kappa shape index (κ2) is 5.10. The Balaban J connectivity index is 2.12. The van der Waals surface area contributed by atoms with Gasteiger partial charge in [0.25, 0.3) is 5.91 Å². The lowest BCUT2D eigenvalue weighted by atomic mass is 10.1. The van der Waals surface area contributed by atoms with Gasteiger partial charge in [-0.25, -0.2) is 0 Å². The lowest BCUT2D eigenvalue weighted by Crippen LogP contribution is -2.26. The van der Waals surface area contributed by atoms with E-state index >= 15 is 0 Å². The maximum absolute atomic E-state index is 12.0. The van der Waals surface area contributed by atoms with Gasteiger partial charge in [0, 0.05) is 28.0 Å². The van der Waals surface area contributed by atoms with E-state index in [1.54, 1.807) is 30.6 Å². The molecule has 0 fully saturated rings. The van der Waals surface area contributed by atoms with Crippen LogP contribution in [0, 0.1) is 0 Å². The van der Waals surface area contributed by atoms with Crippen LogP contribution in [0.2, 0.25) is 5.02 Å². The zero-order valence-electron chi connectivity index (χ0n) is 9.77. The molecule has 2 rings (SSSR count). The number of halogens is 1. The lowest BCUT2D eigenvalue weighted by Gasteiger charge is -2.12. The topological polar surface area (TPSA) is 83.8 Å². The summed E-state index contributed by atoms with van der Waals surface area (Å²) in [6, 6.07) is 4.62. The Labute approximate surface area is 109 Å². The number of anilines is 1. The van der Waals surface area contributed by atoms with Gasteiger partial charge in [-0.05, 0) is 25.1 Å². The van der Waals surface area contributed by atoms with Crippen molar-refractivity contribution in [2.24, 2.45) is 0 Å². The number of hydrogen-bond donors (Lipinski definition) is 3. The standard InChI is InChI=1S/C12H13ClN4O/c1-7(9-5-15-16-6-9)17-12(18)8-2-10(13)4-11(14)3-8/h2-7H,14H2,1H3,(H,15,16)(H,17,18). The minimum absolute atomic E-state index is 0.142. The van der Waals surface area contributed by atoms with E-state index in [1.807, 2.05) is 6.92 Å². The Kier molecular flexibility index (Phi) is 3.53. The van der Waals surface area contributed by atoms with Gasteiger partial charge in [-0.1, -0.05) is 11.6 Å². The molecule has 0 bridgehead atoms. The number of aromatic nitrogens is 2. The van der Waals surface area contributed by atoms with Crippen LogP contribution in [0.5, 0.6) is 0 Å². The molecule has 18 heavy (non-hydrogen) atoms. The highest BCUT2D eigenvalue weighted by Gasteiger charge is 2.13. The molecule has 1 aromatic carbocycles. The van der Waals surface area contributed by atoms with Crippen LogP contribution in [0.4, 0.5) is 5.69 Å². The SMILES string of the molecule is CC(NC(=O)c1cc(N)cc(Cl)c1)c1cn[nH]c1. The molecule has 1 unspecified atom stereocenters. The number of benzene rings is 1. The van der Waals surface area contributed by atoms with E-state index in [4.69, 9.17) is 17.3 Å². The van der Waals surface area contributed by atoms with E-state index in [9.17, 15) is 4.79 Å². The first-order chi connectivity index (χ1) is 8.56. The molecule has 0 saturated carbocycles. The van der Waals surface area contributed by atoms with Gasteiger partial charge < -0.3 is 11.1 Å². The van der Waals surface area contributed by atoms with Crippen LogP contribution in [0.3, 0.4) is 0 Å². The van der Waals surface area contributed by atoms with E-state index in [2.05, 4.69) is 15.5 Å². The molecule has 0 aliphatic carbocycles. The number of carbonyl (C=O) groups excluding carboxylic acids is 1. The summed E-state index contributed by atoms with van der Waals surface area (Å²) < 4.78 is 0. The second-order valence-electron chi connectivity index (χ2n) is 4.00. The van der Waals surface area contributed by atoms with Gasteiger partial charge in [0.2, 0.25) is 0 Å². The summed E-state index contributed by atoms with van der Waals surface area (Å²) in [6.45, 7) is 1.87. The van der Waals surface area contributed by atoms with Crippen LogP contribution in [-0.4, -0.2) is 16.1 Å². The van der Waals surface area contributed by atoms with Crippen LogP contribution in [0.25, 0.3) is 0 Å². The maximum atomic E-state index is 12.0. The highest BCUT2D eigenvalue weighted by molar-refractivity contribution is 6.31. The van der Waals surface area contributed by atoms with Crippen LogP contribution >= 0.6 is 11.6 Å². The fourth-order valence-electron chi connectivity index (χ4n) is 1.60. The normalized spacial score (nSPS) is 12.1. The van der Waals surface area contributed by atoms with Gasteiger partial charge in [-0.2, -0.15) is 5.10 Å². The van der Waals surface area contributed by atoms with Crippen molar-refractivity contribution in [1.29, 1.82) is 0 Å². The van der Waals surface area contributed by atoms with E-state index in [0.29, 0.717) is 16.3 Å². The quantitative estimate of drug-likeness (QED) is 0.743. The summed E-state index contributed by atoms with van der Waals surface area (Å²) in [4.78, 5) is 12.0. The molecule has 4 N–H and O–H groups in total. The Morgan fingerprint density at radius 2 is 2.28 bits per heavy atom. The van der Waals surface area contributed by atoms with Crippen LogP contribution in [-0.2, 0) is 0 Å². The van der Waals surface area contributed by atoms with Crippen molar-refractivity contribution in [3.8, 4) is 0 Å². The van der Waals surface area contributed by atoms with E-state index < -0.39 is 0 Å². The van der Waals surface area contributed by atoms with Crippen molar-refractivity contribution >= 4 is 23.2 Å². The molecule has 1 aromatic heterocycles. The number of H-pyrrole nitrogens is 1. The van der Waals surface area contributed by atoms with E-state index in [0.717, 1.165) is 5.56 Å². The Morgan fingerprint density at radius 3 is 2.89 bits per heavy atom. The number of aromatic amines is 1. The van der Waals surface area contributed by atoms with Crippen molar-refractivity contribution in [3.05, 3.63) is 46.7 Å². The largest absolute Gasteiger partial charge is 0.399 e. The first-order valence-corrected chi connectivity index (χ1v) is 5.79. The molecule has 6 heteroatoms. The summed E-state index contributed by atoms with van der Waals surface area (Å²) >= 11 is 5.86. The molecular weight excluding hydrogens is 252 g/mol. The predicted octanol–water partition coefficient (Wildman–Crippen LogP) is 2.14. The molecule has 94 valence electrons. The summed E-state index contributed by atoms with van der Waals surface area (Å²) in [5.41, 5.74) is 7.45. The number of carbonyl (C=O) groups is 1. The Hall–Kier alpha value is -2.01. The van der Waals surface area contributed by atoms with Gasteiger partial charge in [0.1, 0.15) is 0 Å². The minimum atomic E-state index is -0.224. The molecular formula is C12H13ClN4O. The summed E-state index contributed by atoms with van der Waals surface area (Å²) in [6.07, 6.45) is 3.40. The van der Waals surface area contributed by atoms with E-state index in [1.165, 1.54) is 0 Å². The number of nitrogen functional groups attached to an aromatic ring is 1. The fraction of sp³-hybridized carbons (Fsp3) is 0.167. The second-order valence-corrected chi connectivity index (χ2v) is 4.44. The average Bonchev–Trinajstić information content (AvgIpc) is 2.80. The molecule has 0 aliphatic rings. The van der Waals surface area contributed by atoms with Gasteiger partial charge in [0.05, 0.1) is 12.2 Å². The molecule has 1 heterocycles. The van der Waals surface area contributed by atoms with Gasteiger partial charge in [-0.3, -0.25) is 9.89 Å². The third kappa shape index (κ3) is 2.81. The molecule has 2 aromatic rings. The number of rotatable bonds is 3. The van der Waals surface area contributed by atoms with Crippen molar-refractivity contribution < 1.29 is 4.79 Å². The number of nitrogens with zero attached hydrogens (tertiary/aromatic N) is 1. The Morgan fingerprint density at radius 1 is 1.50 bits per heavy atom. The monoisotopic (exact) mass is 264 g/mol. The van der Waals surface area contributed by atoms with Gasteiger partial charge in [-0.15, -0.1) is 0 Å². The van der Waals surface area contributed by atoms with Crippen molar-refractivity contribution in [1.82, 2.24) is 15.5 Å². The van der Waals surface area contributed by atoms with Crippen LogP contribution < -0.4 is 11.1 Å². The number of hydrogen-bond acceptors (Lipinski definition) is 3. The van der Waals surface area contributed by atoms with Gasteiger partial charge in [0.15, 0.2) is 0 Å². The summed E-state index contributed by atoms with van der Waals surface area (Å²) in [7, 11) is 0. The first-order valence-electron chi connectivity index (χ1n) is 5.42. The van der Waals surface area contributed by atoms with Crippen LogP contribution in [0.15, 0.2) is 30.6 Å². The molecule has 0 saturated heterocycles. The highest BCUT2D eigenvalue weighted by atomic mass is 35.5. The molecule has 0 aliphatic heterocycles. The smallest absolute Gasteiger partial charge is 0.251 e.